The molecule has 2 N–H and O–H groups in total. The highest BCUT2D eigenvalue weighted by molar-refractivity contribution is 7.99. The van der Waals surface area contributed by atoms with Gasteiger partial charge in [0.15, 0.2) is 0 Å². The molecule has 49 heavy (non-hydrogen) atoms. The number of H-pyrrole nitrogens is 1. The molecule has 7 rings (SSSR count). The number of carbonyl (C=O) groups excluding carboxylic acids is 1. The SMILES string of the molecule is O=C(C=CCSCCCN1CCOCC1)Nc1cc2c(N(c3ccc4[nH]ncc4c3)c3ccccc3Cc3ccccc3)ncnc2cn1. The van der Waals surface area contributed by atoms with Gasteiger partial charge >= 0.3 is 0 Å². The number of para-hydroxylation sites is 1. The van der Waals surface area contributed by atoms with E-state index in [4.69, 9.17) is 9.72 Å². The van der Waals surface area contributed by atoms with E-state index in [1.165, 1.54) is 5.56 Å². The van der Waals surface area contributed by atoms with Gasteiger partial charge < -0.3 is 10.1 Å². The summed E-state index contributed by atoms with van der Waals surface area (Å²) in [4.78, 5) is 31.4. The number of aromatic nitrogens is 5. The van der Waals surface area contributed by atoms with Crippen LogP contribution < -0.4 is 10.2 Å². The minimum atomic E-state index is -0.227. The van der Waals surface area contributed by atoms with Gasteiger partial charge in [-0.1, -0.05) is 54.6 Å². The van der Waals surface area contributed by atoms with Crippen molar-refractivity contribution >= 4 is 62.5 Å². The van der Waals surface area contributed by atoms with E-state index in [1.54, 1.807) is 18.6 Å². The highest BCUT2D eigenvalue weighted by atomic mass is 32.2. The molecule has 4 heterocycles. The fraction of sp³-hybridized carbons (Fsp3) is 0.237. The Bertz CT molecular complexity index is 2040. The molecule has 0 saturated carbocycles. The molecule has 0 bridgehead atoms. The highest BCUT2D eigenvalue weighted by Crippen LogP contribution is 2.40. The van der Waals surface area contributed by atoms with E-state index >= 15 is 0 Å². The molecule has 1 aliphatic heterocycles. The number of carbonyl (C=O) groups is 1. The third kappa shape index (κ3) is 8.14. The van der Waals surface area contributed by atoms with E-state index in [0.717, 1.165) is 90.4 Å². The number of nitrogens with one attached hydrogen (secondary N) is 2. The first-order valence-electron chi connectivity index (χ1n) is 16.5. The van der Waals surface area contributed by atoms with Crippen molar-refractivity contribution in [3.63, 3.8) is 0 Å². The molecule has 10 nitrogen and oxygen atoms in total. The number of anilines is 4. The molecule has 0 atom stereocenters. The quantitative estimate of drug-likeness (QED) is 0.100. The summed E-state index contributed by atoms with van der Waals surface area (Å²) in [6.07, 6.45) is 10.4. The minimum Gasteiger partial charge on any atom is -0.379 e. The zero-order valence-corrected chi connectivity index (χ0v) is 28.0. The number of thioether (sulfide) groups is 1. The molecule has 3 aromatic heterocycles. The zero-order chi connectivity index (χ0) is 33.3. The van der Waals surface area contributed by atoms with Crippen molar-refractivity contribution in [2.24, 2.45) is 0 Å². The van der Waals surface area contributed by atoms with Crippen LogP contribution >= 0.6 is 11.8 Å². The number of fused-ring (bicyclic) bond motifs is 2. The van der Waals surface area contributed by atoms with Gasteiger partial charge in [0.05, 0.1) is 42.3 Å². The summed E-state index contributed by atoms with van der Waals surface area (Å²) in [6.45, 7) is 4.78. The lowest BCUT2D eigenvalue weighted by molar-refractivity contribution is -0.111. The van der Waals surface area contributed by atoms with Crippen molar-refractivity contribution < 1.29 is 9.53 Å². The second-order valence-corrected chi connectivity index (χ2v) is 13.0. The Morgan fingerprint density at radius 1 is 0.980 bits per heavy atom. The van der Waals surface area contributed by atoms with Gasteiger partial charge in [-0.15, -0.1) is 0 Å². The van der Waals surface area contributed by atoms with Crippen LogP contribution in [-0.2, 0) is 16.0 Å². The number of hydrogen-bond acceptors (Lipinski definition) is 9. The number of amides is 1. The minimum absolute atomic E-state index is 0.227. The van der Waals surface area contributed by atoms with E-state index in [1.807, 2.05) is 48.3 Å². The first-order valence-corrected chi connectivity index (χ1v) is 17.7. The first kappa shape index (κ1) is 32.4. The monoisotopic (exact) mass is 670 g/mol. The van der Waals surface area contributed by atoms with Crippen LogP contribution in [0.5, 0.6) is 0 Å². The van der Waals surface area contributed by atoms with Crippen LogP contribution in [0.1, 0.15) is 17.5 Å². The second kappa shape index (κ2) is 15.9. The highest BCUT2D eigenvalue weighted by Gasteiger charge is 2.21. The van der Waals surface area contributed by atoms with E-state index in [-0.39, 0.29) is 5.91 Å². The molecule has 3 aromatic carbocycles. The lowest BCUT2D eigenvalue weighted by Crippen LogP contribution is -2.36. The fourth-order valence-electron chi connectivity index (χ4n) is 6.02. The molecule has 0 aliphatic carbocycles. The Labute approximate surface area is 289 Å². The molecule has 248 valence electrons. The van der Waals surface area contributed by atoms with Crippen molar-refractivity contribution in [2.75, 3.05) is 54.6 Å². The third-order valence-electron chi connectivity index (χ3n) is 8.47. The molecule has 0 spiro atoms. The number of hydrogen-bond donors (Lipinski definition) is 2. The predicted octanol–water partition coefficient (Wildman–Crippen LogP) is 6.91. The lowest BCUT2D eigenvalue weighted by atomic mass is 10.0. The zero-order valence-electron chi connectivity index (χ0n) is 27.2. The summed E-state index contributed by atoms with van der Waals surface area (Å²) < 4.78 is 5.42. The smallest absolute Gasteiger partial charge is 0.249 e. The fourth-order valence-corrected chi connectivity index (χ4v) is 6.75. The third-order valence-corrected chi connectivity index (χ3v) is 9.47. The maximum atomic E-state index is 12.9. The largest absolute Gasteiger partial charge is 0.379 e. The molecule has 1 saturated heterocycles. The summed E-state index contributed by atoms with van der Waals surface area (Å²) in [5.41, 5.74) is 5.87. The van der Waals surface area contributed by atoms with E-state index < -0.39 is 0 Å². The molecular formula is C38H38N8O2S. The standard InChI is InChI=1S/C38H38N8O2S/c47-37(12-6-20-49-21-7-15-45-16-18-48-19-17-45)43-36-24-32-34(26-39-36)40-27-41-38(32)46(31-13-14-33-30(23-31)25-42-44-33)35-11-5-4-10-29(35)22-28-8-2-1-3-9-28/h1-6,8-14,23-27H,7,15-22H2,(H,42,44)(H,39,43,47). The normalized spacial score (nSPS) is 13.7. The average Bonchev–Trinajstić information content (AvgIpc) is 3.61. The van der Waals surface area contributed by atoms with Crippen molar-refractivity contribution in [3.8, 4) is 0 Å². The number of morpholine rings is 1. The maximum absolute atomic E-state index is 12.9. The van der Waals surface area contributed by atoms with Crippen molar-refractivity contribution in [1.82, 2.24) is 30.0 Å². The lowest BCUT2D eigenvalue weighted by Gasteiger charge is -2.27. The molecule has 6 aromatic rings. The molecule has 1 aliphatic rings. The maximum Gasteiger partial charge on any atom is 0.249 e. The summed E-state index contributed by atoms with van der Waals surface area (Å²) in [7, 11) is 0. The number of benzene rings is 3. The van der Waals surface area contributed by atoms with Gasteiger partial charge in [-0.2, -0.15) is 16.9 Å². The van der Waals surface area contributed by atoms with Crippen LogP contribution in [0.25, 0.3) is 21.8 Å². The summed E-state index contributed by atoms with van der Waals surface area (Å²) in [6, 6.07) is 26.8. The van der Waals surface area contributed by atoms with Crippen LogP contribution in [0.2, 0.25) is 0 Å². The van der Waals surface area contributed by atoms with Gasteiger partial charge in [-0.05, 0) is 66.6 Å². The van der Waals surface area contributed by atoms with Gasteiger partial charge in [0.1, 0.15) is 18.0 Å². The Kier molecular flexibility index (Phi) is 10.5. The van der Waals surface area contributed by atoms with Crippen molar-refractivity contribution in [1.29, 1.82) is 0 Å². The van der Waals surface area contributed by atoms with E-state index in [2.05, 4.69) is 89.9 Å². The van der Waals surface area contributed by atoms with E-state index in [9.17, 15) is 4.79 Å². The molecule has 11 heteroatoms. The molecular weight excluding hydrogens is 633 g/mol. The first-order chi connectivity index (χ1) is 24.2. The summed E-state index contributed by atoms with van der Waals surface area (Å²) >= 11 is 1.83. The molecule has 0 unspecified atom stereocenters. The number of rotatable bonds is 13. The van der Waals surface area contributed by atoms with E-state index in [0.29, 0.717) is 17.2 Å². The van der Waals surface area contributed by atoms with Crippen LogP contribution in [0.15, 0.2) is 110 Å². The number of ether oxygens (including phenoxy) is 1. The molecule has 1 amide bonds. The van der Waals surface area contributed by atoms with Gasteiger partial charge in [0, 0.05) is 41.4 Å². The van der Waals surface area contributed by atoms with Crippen molar-refractivity contribution in [3.05, 3.63) is 121 Å². The Hall–Kier alpha value is -5.10. The second-order valence-electron chi connectivity index (χ2n) is 11.8. The summed E-state index contributed by atoms with van der Waals surface area (Å²) in [5.74, 6) is 2.71. The topological polar surface area (TPSA) is 112 Å². The Balaban J connectivity index is 1.13. The Morgan fingerprint density at radius 3 is 2.73 bits per heavy atom. The van der Waals surface area contributed by atoms with Crippen LogP contribution in [0.4, 0.5) is 23.0 Å². The van der Waals surface area contributed by atoms with Crippen molar-refractivity contribution in [2.45, 2.75) is 12.8 Å². The number of nitrogens with zero attached hydrogens (tertiary/aromatic N) is 6. The van der Waals surface area contributed by atoms with Crippen LogP contribution in [-0.4, -0.2) is 80.3 Å². The van der Waals surface area contributed by atoms with Gasteiger partial charge in [-0.3, -0.25) is 19.7 Å². The summed E-state index contributed by atoms with van der Waals surface area (Å²) in [5, 5.41) is 12.0. The number of aromatic amines is 1. The molecule has 0 radical (unpaired) electrons. The van der Waals surface area contributed by atoms with Crippen LogP contribution in [0, 0.1) is 0 Å². The number of pyridine rings is 1. The van der Waals surface area contributed by atoms with Gasteiger partial charge in [0.25, 0.3) is 0 Å². The van der Waals surface area contributed by atoms with Gasteiger partial charge in [-0.25, -0.2) is 15.0 Å². The van der Waals surface area contributed by atoms with Gasteiger partial charge in [0.2, 0.25) is 5.91 Å². The van der Waals surface area contributed by atoms with Crippen LogP contribution in [0.3, 0.4) is 0 Å². The average molecular weight is 671 g/mol. The molecule has 1 fully saturated rings. The Morgan fingerprint density at radius 2 is 1.84 bits per heavy atom. The predicted molar refractivity (Wildman–Crippen MR) is 198 cm³/mol.